The fraction of sp³-hybridized carbons (Fsp3) is 0.150. The molecule has 3 heterocycles. The lowest BCUT2D eigenvalue weighted by Crippen LogP contribution is -2.35. The Bertz CT molecular complexity index is 1130. The molecular weight excluding hydrogens is 392 g/mol. The number of carbonyl (C=O) groups excluding carboxylic acids is 2. The van der Waals surface area contributed by atoms with Crippen molar-refractivity contribution in [3.63, 3.8) is 0 Å². The van der Waals surface area contributed by atoms with Crippen molar-refractivity contribution in [1.82, 2.24) is 5.01 Å². The van der Waals surface area contributed by atoms with Crippen LogP contribution in [0.4, 0.5) is 0 Å². The Kier molecular flexibility index (Phi) is 4.67. The zero-order valence-electron chi connectivity index (χ0n) is 15.5. The highest BCUT2D eigenvalue weighted by atomic mass is 32.2. The van der Waals surface area contributed by atoms with E-state index in [4.69, 9.17) is 9.83 Å². The minimum atomic E-state index is -1.25. The monoisotopic (exact) mass is 407 g/mol. The molecule has 0 bridgehead atoms. The van der Waals surface area contributed by atoms with E-state index in [1.54, 1.807) is 24.3 Å². The molecule has 1 N–H and O–H groups in total. The number of hydrogen-bond acceptors (Lipinski definition) is 7. The number of fused-ring (bicyclic) bond motifs is 1. The molecule has 0 spiro atoms. The number of nitrogens with zero attached hydrogens (tertiary/aromatic N) is 3. The molecule has 1 amide bonds. The Morgan fingerprint density at radius 2 is 1.97 bits per heavy atom. The summed E-state index contributed by atoms with van der Waals surface area (Å²) in [6.45, 7) is 3.97. The van der Waals surface area contributed by atoms with Crippen LogP contribution in [0.1, 0.15) is 30.0 Å². The highest BCUT2D eigenvalue weighted by Crippen LogP contribution is 2.31. The van der Waals surface area contributed by atoms with Gasteiger partial charge in [0, 0.05) is 11.5 Å². The number of aromatic carboxylic acids is 1. The largest absolute Gasteiger partial charge is 0.545 e. The van der Waals surface area contributed by atoms with Gasteiger partial charge in [0.2, 0.25) is 5.17 Å². The van der Waals surface area contributed by atoms with Crippen LogP contribution in [0.5, 0.6) is 0 Å². The topological polar surface area (TPSA) is 122 Å². The molecule has 146 valence electrons. The van der Waals surface area contributed by atoms with Gasteiger partial charge in [-0.3, -0.25) is 10.2 Å². The number of carbonyl (C=O) groups is 2. The molecule has 0 fully saturated rings. The van der Waals surface area contributed by atoms with Crippen molar-refractivity contribution in [2.24, 2.45) is 16.0 Å². The first-order valence-electron chi connectivity index (χ1n) is 8.75. The molecule has 1 aromatic carbocycles. The summed E-state index contributed by atoms with van der Waals surface area (Å²) in [5.74, 6) is -0.795. The van der Waals surface area contributed by atoms with Crippen molar-refractivity contribution >= 4 is 45.8 Å². The molecule has 9 heteroatoms. The SMILES string of the molecule is CC(C)C1=NN2C(=N)/C(=C/c3ccc(-c4ccc(C(=O)[O-])cc4)o3)C(=O)N=C2S1. The lowest BCUT2D eigenvalue weighted by molar-refractivity contribution is -0.255. The Morgan fingerprint density at radius 1 is 1.24 bits per heavy atom. The highest BCUT2D eigenvalue weighted by molar-refractivity contribution is 8.27. The summed E-state index contributed by atoms with van der Waals surface area (Å²) >= 11 is 1.29. The first-order valence-corrected chi connectivity index (χ1v) is 9.57. The summed E-state index contributed by atoms with van der Waals surface area (Å²) in [6, 6.07) is 9.43. The second kappa shape index (κ2) is 7.17. The fourth-order valence-corrected chi connectivity index (χ4v) is 3.63. The van der Waals surface area contributed by atoms with Crippen LogP contribution in [-0.4, -0.2) is 32.9 Å². The number of thioether (sulfide) groups is 1. The van der Waals surface area contributed by atoms with Crippen LogP contribution >= 0.6 is 11.8 Å². The van der Waals surface area contributed by atoms with Crippen molar-refractivity contribution < 1.29 is 19.1 Å². The number of hydrogen-bond donors (Lipinski definition) is 1. The number of amidine groups is 2. The van der Waals surface area contributed by atoms with Crippen LogP contribution in [0.25, 0.3) is 17.4 Å². The van der Waals surface area contributed by atoms with Gasteiger partial charge >= 0.3 is 0 Å². The van der Waals surface area contributed by atoms with Gasteiger partial charge in [-0.15, -0.1) is 0 Å². The van der Waals surface area contributed by atoms with Gasteiger partial charge in [0.05, 0.1) is 11.5 Å². The molecule has 0 saturated heterocycles. The summed E-state index contributed by atoms with van der Waals surface area (Å²) in [6.07, 6.45) is 1.46. The molecule has 0 aliphatic carbocycles. The molecule has 2 aliphatic rings. The second-order valence-corrected chi connectivity index (χ2v) is 7.67. The standard InChI is InChI=1S/C20H16N4O4S/c1-10(2)18-23-24-16(21)14(17(25)22-20(24)29-18)9-13-7-8-15(28-13)11-3-5-12(6-4-11)19(26)27/h3-10,21H,1-2H3,(H,26,27)/p-1/b14-9-,21-16?. The lowest BCUT2D eigenvalue weighted by atomic mass is 10.1. The average molecular weight is 407 g/mol. The molecule has 29 heavy (non-hydrogen) atoms. The van der Waals surface area contributed by atoms with E-state index in [9.17, 15) is 14.7 Å². The van der Waals surface area contributed by atoms with E-state index in [1.807, 2.05) is 13.8 Å². The highest BCUT2D eigenvalue weighted by Gasteiger charge is 2.36. The minimum absolute atomic E-state index is 0.0561. The van der Waals surface area contributed by atoms with E-state index in [-0.39, 0.29) is 22.9 Å². The third-order valence-corrected chi connectivity index (χ3v) is 5.49. The Balaban J connectivity index is 1.61. The smallest absolute Gasteiger partial charge is 0.283 e. The van der Waals surface area contributed by atoms with E-state index in [0.717, 1.165) is 5.04 Å². The molecule has 0 atom stereocenters. The normalized spacial score (nSPS) is 17.6. The molecule has 0 saturated carbocycles. The number of furan rings is 1. The van der Waals surface area contributed by atoms with Gasteiger partial charge in [-0.05, 0) is 35.5 Å². The molecule has 2 aromatic rings. The molecule has 8 nitrogen and oxygen atoms in total. The summed E-state index contributed by atoms with van der Waals surface area (Å²) < 4.78 is 5.74. The Morgan fingerprint density at radius 3 is 2.62 bits per heavy atom. The Labute approximate surface area is 170 Å². The van der Waals surface area contributed by atoms with Gasteiger partial charge in [0.15, 0.2) is 5.84 Å². The quantitative estimate of drug-likeness (QED) is 0.777. The van der Waals surface area contributed by atoms with Crippen LogP contribution in [-0.2, 0) is 4.79 Å². The van der Waals surface area contributed by atoms with E-state index in [1.165, 1.54) is 35.0 Å². The van der Waals surface area contributed by atoms with Crippen LogP contribution in [0.15, 0.2) is 56.5 Å². The van der Waals surface area contributed by atoms with Crippen LogP contribution in [0.3, 0.4) is 0 Å². The van der Waals surface area contributed by atoms with E-state index in [2.05, 4.69) is 10.1 Å². The first-order chi connectivity index (χ1) is 13.8. The number of nitrogens with one attached hydrogen (secondary N) is 1. The third kappa shape index (κ3) is 3.52. The van der Waals surface area contributed by atoms with Gasteiger partial charge in [-0.2, -0.15) is 15.1 Å². The van der Waals surface area contributed by atoms with E-state index < -0.39 is 11.9 Å². The first kappa shape index (κ1) is 18.9. The predicted molar refractivity (Wildman–Crippen MR) is 108 cm³/mol. The minimum Gasteiger partial charge on any atom is -0.545 e. The lowest BCUT2D eigenvalue weighted by Gasteiger charge is -2.19. The Hall–Kier alpha value is -3.46. The number of aliphatic imine (C=N–C) groups is 1. The van der Waals surface area contributed by atoms with Crippen LogP contribution in [0, 0.1) is 11.3 Å². The molecular formula is C20H15N4O4S-. The number of hydrazone groups is 1. The van der Waals surface area contributed by atoms with Crippen molar-refractivity contribution in [2.45, 2.75) is 13.8 Å². The number of carboxylic acids is 1. The molecule has 0 unspecified atom stereocenters. The number of rotatable bonds is 4. The maximum Gasteiger partial charge on any atom is 0.283 e. The maximum atomic E-state index is 12.4. The molecule has 1 aromatic heterocycles. The van der Waals surface area contributed by atoms with Crippen molar-refractivity contribution in [1.29, 1.82) is 5.41 Å². The second-order valence-electron chi connectivity index (χ2n) is 6.68. The predicted octanol–water partition coefficient (Wildman–Crippen LogP) is 2.59. The third-order valence-electron chi connectivity index (χ3n) is 4.28. The van der Waals surface area contributed by atoms with Gasteiger partial charge in [0.1, 0.15) is 16.6 Å². The number of benzene rings is 1. The maximum absolute atomic E-state index is 12.4. The molecule has 4 rings (SSSR count). The summed E-state index contributed by atoms with van der Waals surface area (Å²) in [5, 5.41) is 26.1. The van der Waals surface area contributed by atoms with Gasteiger partial charge in [-0.25, -0.2) is 0 Å². The summed E-state index contributed by atoms with van der Waals surface area (Å²) in [4.78, 5) is 27.3. The van der Waals surface area contributed by atoms with Crippen molar-refractivity contribution in [3.8, 4) is 11.3 Å². The van der Waals surface area contributed by atoms with Gasteiger partial charge < -0.3 is 14.3 Å². The van der Waals surface area contributed by atoms with E-state index >= 15 is 0 Å². The average Bonchev–Trinajstić information content (AvgIpc) is 3.32. The summed E-state index contributed by atoms with van der Waals surface area (Å²) in [7, 11) is 0. The number of carboxylic acid groups (broad SMARTS) is 1. The zero-order chi connectivity index (χ0) is 20.7. The van der Waals surface area contributed by atoms with Crippen molar-refractivity contribution in [2.75, 3.05) is 0 Å². The van der Waals surface area contributed by atoms with Gasteiger partial charge in [0.25, 0.3) is 5.91 Å². The summed E-state index contributed by atoms with van der Waals surface area (Å²) in [5.41, 5.74) is 0.825. The van der Waals surface area contributed by atoms with Crippen molar-refractivity contribution in [3.05, 3.63) is 53.3 Å². The zero-order valence-corrected chi connectivity index (χ0v) is 16.3. The van der Waals surface area contributed by atoms with E-state index in [0.29, 0.717) is 22.3 Å². The fourth-order valence-electron chi connectivity index (χ4n) is 2.74. The molecule has 0 radical (unpaired) electrons. The van der Waals surface area contributed by atoms with Crippen LogP contribution in [0.2, 0.25) is 0 Å². The van der Waals surface area contributed by atoms with Crippen LogP contribution < -0.4 is 5.11 Å². The van der Waals surface area contributed by atoms with Gasteiger partial charge in [-0.1, -0.05) is 38.1 Å². The molecule has 2 aliphatic heterocycles. The number of amides is 1.